The Morgan fingerprint density at radius 3 is 2.21 bits per heavy atom. The van der Waals surface area contributed by atoms with Crippen molar-refractivity contribution >= 4 is 15.7 Å². The lowest BCUT2D eigenvalue weighted by molar-refractivity contribution is 0.584. The van der Waals surface area contributed by atoms with Crippen molar-refractivity contribution in [3.05, 3.63) is 81.7 Å². The fourth-order valence-electron chi connectivity index (χ4n) is 2.98. The van der Waals surface area contributed by atoms with Gasteiger partial charge in [0.15, 0.2) is 0 Å². The second kappa shape index (κ2) is 8.43. The van der Waals surface area contributed by atoms with Gasteiger partial charge in [-0.15, -0.1) is 13.2 Å². The monoisotopic (exact) mass is 403 g/mol. The second-order valence-corrected chi connectivity index (χ2v) is 8.18. The summed E-state index contributed by atoms with van der Waals surface area (Å²) in [4.78, 5) is 25.5. The normalized spacial score (nSPS) is 11.2. The molecule has 0 saturated carbocycles. The Balaban J connectivity index is 2.90. The van der Waals surface area contributed by atoms with Gasteiger partial charge in [0.2, 0.25) is 0 Å². The highest BCUT2D eigenvalue weighted by atomic mass is 32.2. The first kappa shape index (κ1) is 21.4. The van der Waals surface area contributed by atoms with Crippen molar-refractivity contribution < 1.29 is 8.42 Å². The Morgan fingerprint density at radius 1 is 1.11 bits per heavy atom. The number of aryl methyl sites for hydroxylation is 1. The average Bonchev–Trinajstić information content (AvgIpc) is 2.66. The van der Waals surface area contributed by atoms with E-state index in [0.29, 0.717) is 5.69 Å². The summed E-state index contributed by atoms with van der Waals surface area (Å²) in [6.45, 7) is 11.1. The van der Waals surface area contributed by atoms with Crippen molar-refractivity contribution in [3.8, 4) is 0 Å². The van der Waals surface area contributed by atoms with E-state index in [1.165, 1.54) is 35.9 Å². The van der Waals surface area contributed by atoms with Gasteiger partial charge in [0, 0.05) is 20.0 Å². The number of benzene rings is 1. The van der Waals surface area contributed by atoms with E-state index in [0.717, 1.165) is 14.4 Å². The zero-order valence-electron chi connectivity index (χ0n) is 16.4. The Hall–Kier alpha value is -2.87. The lowest BCUT2D eigenvalue weighted by Crippen LogP contribution is -2.45. The van der Waals surface area contributed by atoms with Gasteiger partial charge >= 0.3 is 5.69 Å². The smallest absolute Gasteiger partial charge is 0.295 e. The minimum Gasteiger partial charge on any atom is -0.295 e. The van der Waals surface area contributed by atoms with Gasteiger partial charge in [-0.05, 0) is 26.0 Å². The summed E-state index contributed by atoms with van der Waals surface area (Å²) in [7, 11) is -2.72. The number of nitrogens with zero attached hydrogens (tertiary/aromatic N) is 3. The molecule has 0 unspecified atom stereocenters. The zero-order valence-corrected chi connectivity index (χ0v) is 17.2. The van der Waals surface area contributed by atoms with Crippen LogP contribution < -0.4 is 15.6 Å². The van der Waals surface area contributed by atoms with Crippen LogP contribution in [0, 0.1) is 6.92 Å². The summed E-state index contributed by atoms with van der Waals surface area (Å²) in [5, 5.41) is 0. The molecule has 1 heterocycles. The number of sulfonamides is 1. The van der Waals surface area contributed by atoms with Crippen molar-refractivity contribution in [2.75, 3.05) is 10.8 Å². The molecule has 150 valence electrons. The van der Waals surface area contributed by atoms with E-state index in [1.807, 2.05) is 6.92 Å². The van der Waals surface area contributed by atoms with E-state index >= 15 is 0 Å². The van der Waals surface area contributed by atoms with E-state index < -0.39 is 21.3 Å². The van der Waals surface area contributed by atoms with Crippen LogP contribution in [0.2, 0.25) is 0 Å². The van der Waals surface area contributed by atoms with Crippen molar-refractivity contribution in [3.63, 3.8) is 0 Å². The molecular weight excluding hydrogens is 378 g/mol. The third kappa shape index (κ3) is 3.73. The molecule has 0 N–H and O–H groups in total. The highest BCUT2D eigenvalue weighted by Gasteiger charge is 2.30. The molecule has 0 spiro atoms. The summed E-state index contributed by atoms with van der Waals surface area (Å²) >= 11 is 0. The van der Waals surface area contributed by atoms with Crippen LogP contribution in [0.5, 0.6) is 0 Å². The first-order valence-corrected chi connectivity index (χ1v) is 10.3. The minimum atomic E-state index is -4.05. The van der Waals surface area contributed by atoms with Crippen LogP contribution in [0.25, 0.3) is 0 Å². The van der Waals surface area contributed by atoms with Gasteiger partial charge in [0.05, 0.1) is 17.1 Å². The fourth-order valence-corrected chi connectivity index (χ4v) is 4.44. The zero-order chi connectivity index (χ0) is 21.1. The fraction of sp³-hybridized carbons (Fsp3) is 0.300. The number of hydrogen-bond acceptors (Lipinski definition) is 4. The van der Waals surface area contributed by atoms with Crippen molar-refractivity contribution in [2.24, 2.45) is 7.05 Å². The molecule has 7 nitrogen and oxygen atoms in total. The van der Waals surface area contributed by atoms with Crippen molar-refractivity contribution in [2.45, 2.75) is 31.7 Å². The van der Waals surface area contributed by atoms with E-state index in [9.17, 15) is 18.0 Å². The predicted octanol–water partition coefficient (Wildman–Crippen LogP) is 1.99. The summed E-state index contributed by atoms with van der Waals surface area (Å²) in [5.74, 6) is 0. The first-order chi connectivity index (χ1) is 13.2. The van der Waals surface area contributed by atoms with Gasteiger partial charge in [0.1, 0.15) is 5.69 Å². The molecule has 0 fully saturated rings. The molecule has 1 aromatic carbocycles. The van der Waals surface area contributed by atoms with Crippen LogP contribution in [0.4, 0.5) is 5.69 Å². The van der Waals surface area contributed by atoms with Gasteiger partial charge in [-0.25, -0.2) is 13.2 Å². The Kier molecular flexibility index (Phi) is 6.45. The summed E-state index contributed by atoms with van der Waals surface area (Å²) in [5.41, 5.74) is -0.0204. The van der Waals surface area contributed by atoms with Crippen LogP contribution in [0.1, 0.15) is 18.2 Å². The van der Waals surface area contributed by atoms with E-state index in [2.05, 4.69) is 13.2 Å². The van der Waals surface area contributed by atoms with Crippen LogP contribution in [-0.2, 0) is 30.0 Å². The molecule has 0 amide bonds. The molecule has 8 heteroatoms. The molecule has 0 aliphatic rings. The second-order valence-electron chi connectivity index (χ2n) is 6.32. The SMILES string of the molecule is C=CCc1c(N(CC=C)S(=O)(=O)c2ccc(C)cc2)c(=O)n(C)c(=O)n1CC. The third-order valence-corrected chi connectivity index (χ3v) is 6.21. The molecule has 0 aliphatic heterocycles. The number of aromatic nitrogens is 2. The average molecular weight is 404 g/mol. The molecule has 0 bridgehead atoms. The van der Waals surface area contributed by atoms with Crippen LogP contribution in [0.3, 0.4) is 0 Å². The highest BCUT2D eigenvalue weighted by Crippen LogP contribution is 2.24. The lowest BCUT2D eigenvalue weighted by atomic mass is 10.2. The van der Waals surface area contributed by atoms with E-state index in [1.54, 1.807) is 19.1 Å². The van der Waals surface area contributed by atoms with E-state index in [-0.39, 0.29) is 30.1 Å². The van der Waals surface area contributed by atoms with E-state index in [4.69, 9.17) is 0 Å². The van der Waals surface area contributed by atoms with Gasteiger partial charge in [0.25, 0.3) is 15.6 Å². The van der Waals surface area contributed by atoms with Gasteiger partial charge in [-0.3, -0.25) is 18.2 Å². The lowest BCUT2D eigenvalue weighted by Gasteiger charge is -2.26. The molecular formula is C20H25N3O4S. The summed E-state index contributed by atoms with van der Waals surface area (Å²) < 4.78 is 30.0. The Bertz CT molecular complexity index is 1110. The van der Waals surface area contributed by atoms with Crippen LogP contribution in [0.15, 0.2) is 64.1 Å². The summed E-state index contributed by atoms with van der Waals surface area (Å²) in [6, 6.07) is 6.37. The van der Waals surface area contributed by atoms with Crippen LogP contribution >= 0.6 is 0 Å². The molecule has 0 atom stereocenters. The predicted molar refractivity (Wildman–Crippen MR) is 111 cm³/mol. The van der Waals surface area contributed by atoms with Gasteiger partial charge < -0.3 is 0 Å². The van der Waals surface area contributed by atoms with Gasteiger partial charge in [-0.2, -0.15) is 0 Å². The Labute approximate surface area is 164 Å². The van der Waals surface area contributed by atoms with Crippen molar-refractivity contribution in [1.29, 1.82) is 0 Å². The standard InChI is InChI=1S/C20H25N3O4S/c1-6-9-17-18(19(24)21(5)20(25)22(17)8-3)23(14-7-2)28(26,27)16-12-10-15(4)11-13-16/h6-7,10-13H,1-2,8-9,14H2,3-5H3. The number of anilines is 1. The summed E-state index contributed by atoms with van der Waals surface area (Å²) in [6.07, 6.45) is 3.12. The molecule has 1 aromatic heterocycles. The number of rotatable bonds is 8. The largest absolute Gasteiger partial charge is 0.331 e. The maximum atomic E-state index is 13.4. The van der Waals surface area contributed by atoms with Crippen molar-refractivity contribution in [1.82, 2.24) is 9.13 Å². The topological polar surface area (TPSA) is 81.4 Å². The molecule has 0 aliphatic carbocycles. The third-order valence-electron chi connectivity index (χ3n) is 4.43. The Morgan fingerprint density at radius 2 is 1.71 bits per heavy atom. The maximum absolute atomic E-state index is 13.4. The van der Waals surface area contributed by atoms with Gasteiger partial charge in [-0.1, -0.05) is 29.8 Å². The maximum Gasteiger partial charge on any atom is 0.331 e. The minimum absolute atomic E-state index is 0.0563. The quantitative estimate of drug-likeness (QED) is 0.631. The molecule has 2 aromatic rings. The molecule has 0 radical (unpaired) electrons. The first-order valence-electron chi connectivity index (χ1n) is 8.84. The number of allylic oxidation sites excluding steroid dienone is 1. The molecule has 28 heavy (non-hydrogen) atoms. The molecule has 0 saturated heterocycles. The highest BCUT2D eigenvalue weighted by molar-refractivity contribution is 7.92. The number of hydrogen-bond donors (Lipinski definition) is 0. The van der Waals surface area contributed by atoms with Crippen LogP contribution in [-0.4, -0.2) is 24.1 Å². The molecule has 2 rings (SSSR count).